The largest absolute Gasteiger partial charge is 0.339 e. The Kier molecular flexibility index (Phi) is 7.08. The molecular weight excluding hydrogens is 253 g/mol. The summed E-state index contributed by atoms with van der Waals surface area (Å²) in [6.07, 6.45) is -0.539. The SMILES string of the molecule is CC(=O)OOC(CN)c1ccccc1Cl.Cl. The first-order valence-corrected chi connectivity index (χ1v) is 4.81. The van der Waals surface area contributed by atoms with Crippen LogP contribution in [0.4, 0.5) is 0 Å². The van der Waals surface area contributed by atoms with Gasteiger partial charge in [-0.2, -0.15) is 4.89 Å². The van der Waals surface area contributed by atoms with Crippen LogP contribution in [0.15, 0.2) is 24.3 Å². The molecule has 0 aliphatic carbocycles. The second-order valence-electron chi connectivity index (χ2n) is 2.92. The molecule has 90 valence electrons. The lowest BCUT2D eigenvalue weighted by molar-refractivity contribution is -0.296. The molecule has 1 atom stereocenters. The van der Waals surface area contributed by atoms with Crippen molar-refractivity contribution in [3.63, 3.8) is 0 Å². The van der Waals surface area contributed by atoms with Crippen molar-refractivity contribution in [2.45, 2.75) is 13.0 Å². The highest BCUT2D eigenvalue weighted by molar-refractivity contribution is 6.31. The molecule has 0 radical (unpaired) electrons. The topological polar surface area (TPSA) is 61.5 Å². The summed E-state index contributed by atoms with van der Waals surface area (Å²) < 4.78 is 0. The van der Waals surface area contributed by atoms with E-state index in [2.05, 4.69) is 4.89 Å². The van der Waals surface area contributed by atoms with E-state index in [9.17, 15) is 4.79 Å². The van der Waals surface area contributed by atoms with Crippen LogP contribution in [0.5, 0.6) is 0 Å². The molecule has 0 aliphatic heterocycles. The zero-order valence-corrected chi connectivity index (χ0v) is 10.3. The highest BCUT2D eigenvalue weighted by Gasteiger charge is 2.15. The summed E-state index contributed by atoms with van der Waals surface area (Å²) in [6, 6.07) is 7.09. The van der Waals surface area contributed by atoms with Gasteiger partial charge in [0, 0.05) is 24.1 Å². The molecule has 1 rings (SSSR count). The first kappa shape index (κ1) is 15.2. The van der Waals surface area contributed by atoms with Crippen molar-refractivity contribution in [3.8, 4) is 0 Å². The average Bonchev–Trinajstić information content (AvgIpc) is 2.21. The molecule has 1 aromatic carbocycles. The van der Waals surface area contributed by atoms with E-state index in [1.54, 1.807) is 24.3 Å². The van der Waals surface area contributed by atoms with Crippen molar-refractivity contribution >= 4 is 30.0 Å². The van der Waals surface area contributed by atoms with E-state index in [-0.39, 0.29) is 19.0 Å². The maximum absolute atomic E-state index is 10.6. The second kappa shape index (κ2) is 7.46. The quantitative estimate of drug-likeness (QED) is 0.670. The van der Waals surface area contributed by atoms with Crippen LogP contribution >= 0.6 is 24.0 Å². The molecule has 4 nitrogen and oxygen atoms in total. The minimum Gasteiger partial charge on any atom is -0.328 e. The van der Waals surface area contributed by atoms with Gasteiger partial charge in [0.05, 0.1) is 0 Å². The van der Waals surface area contributed by atoms with Crippen LogP contribution in [-0.4, -0.2) is 12.5 Å². The number of hydrogen-bond donors (Lipinski definition) is 1. The third-order valence-corrected chi connectivity index (χ3v) is 2.09. The van der Waals surface area contributed by atoms with E-state index < -0.39 is 12.1 Å². The summed E-state index contributed by atoms with van der Waals surface area (Å²) >= 11 is 5.94. The second-order valence-corrected chi connectivity index (χ2v) is 3.32. The Labute approximate surface area is 105 Å². The average molecular weight is 266 g/mol. The van der Waals surface area contributed by atoms with Gasteiger partial charge in [0.15, 0.2) is 0 Å². The minimum atomic E-state index is -0.539. The molecule has 0 spiro atoms. The van der Waals surface area contributed by atoms with Gasteiger partial charge in [0.25, 0.3) is 0 Å². The Morgan fingerprint density at radius 2 is 2.12 bits per heavy atom. The normalized spacial score (nSPS) is 11.4. The van der Waals surface area contributed by atoms with Gasteiger partial charge in [-0.15, -0.1) is 12.4 Å². The van der Waals surface area contributed by atoms with Gasteiger partial charge in [-0.1, -0.05) is 29.8 Å². The molecule has 1 aromatic rings. The van der Waals surface area contributed by atoms with Gasteiger partial charge in [0.2, 0.25) is 0 Å². The molecular formula is C10H13Cl2NO3. The highest BCUT2D eigenvalue weighted by Crippen LogP contribution is 2.24. The predicted molar refractivity (Wildman–Crippen MR) is 63.3 cm³/mol. The van der Waals surface area contributed by atoms with Crippen molar-refractivity contribution in [2.75, 3.05) is 6.54 Å². The number of carbonyl (C=O) groups excluding carboxylic acids is 1. The van der Waals surface area contributed by atoms with Crippen molar-refractivity contribution in [1.29, 1.82) is 0 Å². The van der Waals surface area contributed by atoms with Gasteiger partial charge in [0.1, 0.15) is 6.10 Å². The summed E-state index contributed by atoms with van der Waals surface area (Å²) in [5.41, 5.74) is 6.18. The molecule has 0 heterocycles. The van der Waals surface area contributed by atoms with Crippen molar-refractivity contribution < 1.29 is 14.6 Å². The Morgan fingerprint density at radius 3 is 2.62 bits per heavy atom. The fourth-order valence-corrected chi connectivity index (χ4v) is 1.34. The first-order chi connectivity index (χ1) is 7.15. The molecule has 0 bridgehead atoms. The fraction of sp³-hybridized carbons (Fsp3) is 0.300. The summed E-state index contributed by atoms with van der Waals surface area (Å²) in [4.78, 5) is 19.8. The Balaban J connectivity index is 0.00000225. The predicted octanol–water partition coefficient (Wildman–Crippen LogP) is 2.26. The number of benzene rings is 1. The van der Waals surface area contributed by atoms with Gasteiger partial charge < -0.3 is 5.73 Å². The van der Waals surface area contributed by atoms with Crippen molar-refractivity contribution in [3.05, 3.63) is 34.9 Å². The molecule has 0 saturated carbocycles. The smallest absolute Gasteiger partial charge is 0.328 e. The van der Waals surface area contributed by atoms with Crippen LogP contribution in [-0.2, 0) is 14.6 Å². The third-order valence-electron chi connectivity index (χ3n) is 1.75. The van der Waals surface area contributed by atoms with Crippen LogP contribution in [0.3, 0.4) is 0 Å². The summed E-state index contributed by atoms with van der Waals surface area (Å²) in [7, 11) is 0. The Hall–Kier alpha value is -0.810. The lowest BCUT2D eigenvalue weighted by Gasteiger charge is -2.14. The van der Waals surface area contributed by atoms with Gasteiger partial charge >= 0.3 is 5.97 Å². The molecule has 16 heavy (non-hydrogen) atoms. The number of carbonyl (C=O) groups is 1. The maximum Gasteiger partial charge on any atom is 0.339 e. The number of hydrogen-bond acceptors (Lipinski definition) is 4. The standard InChI is InChI=1S/C10H12ClNO3.ClH/c1-7(13)14-15-10(6-12)8-4-2-3-5-9(8)11;/h2-5,10H,6,12H2,1H3;1H. The molecule has 1 unspecified atom stereocenters. The van der Waals surface area contributed by atoms with Crippen LogP contribution in [0.2, 0.25) is 5.02 Å². The summed E-state index contributed by atoms with van der Waals surface area (Å²) in [6.45, 7) is 1.43. The Morgan fingerprint density at radius 1 is 1.50 bits per heavy atom. The van der Waals surface area contributed by atoms with Crippen LogP contribution in [0, 0.1) is 0 Å². The highest BCUT2D eigenvalue weighted by atomic mass is 35.5. The van der Waals surface area contributed by atoms with Gasteiger partial charge in [-0.3, -0.25) is 4.89 Å². The lowest BCUT2D eigenvalue weighted by Crippen LogP contribution is -2.17. The van der Waals surface area contributed by atoms with Crippen LogP contribution in [0.1, 0.15) is 18.6 Å². The third kappa shape index (κ3) is 4.37. The van der Waals surface area contributed by atoms with Crippen LogP contribution < -0.4 is 5.73 Å². The molecule has 0 saturated heterocycles. The molecule has 2 N–H and O–H groups in total. The number of rotatable bonds is 4. The minimum absolute atomic E-state index is 0. The van der Waals surface area contributed by atoms with Gasteiger partial charge in [-0.25, -0.2) is 4.79 Å². The van der Waals surface area contributed by atoms with E-state index in [4.69, 9.17) is 22.2 Å². The first-order valence-electron chi connectivity index (χ1n) is 4.43. The summed E-state index contributed by atoms with van der Waals surface area (Å²) in [5, 5.41) is 0.528. The van der Waals surface area contributed by atoms with E-state index in [0.717, 1.165) is 0 Å². The van der Waals surface area contributed by atoms with Crippen molar-refractivity contribution in [2.24, 2.45) is 5.73 Å². The zero-order valence-electron chi connectivity index (χ0n) is 8.68. The van der Waals surface area contributed by atoms with Crippen LogP contribution in [0.25, 0.3) is 0 Å². The maximum atomic E-state index is 10.6. The molecule has 0 aliphatic rings. The van der Waals surface area contributed by atoms with E-state index in [1.807, 2.05) is 0 Å². The molecule has 0 fully saturated rings. The fourth-order valence-electron chi connectivity index (χ4n) is 1.08. The zero-order chi connectivity index (χ0) is 11.3. The van der Waals surface area contributed by atoms with Gasteiger partial charge in [-0.05, 0) is 6.07 Å². The molecule has 6 heteroatoms. The van der Waals surface area contributed by atoms with E-state index >= 15 is 0 Å². The van der Waals surface area contributed by atoms with Crippen molar-refractivity contribution in [1.82, 2.24) is 0 Å². The van der Waals surface area contributed by atoms with E-state index in [0.29, 0.717) is 10.6 Å². The Bertz CT molecular complexity index is 347. The molecule has 0 aromatic heterocycles. The monoisotopic (exact) mass is 265 g/mol. The number of nitrogens with two attached hydrogens (primary N) is 1. The lowest BCUT2D eigenvalue weighted by atomic mass is 10.1. The number of halogens is 2. The summed E-state index contributed by atoms with van der Waals surface area (Å²) in [5.74, 6) is -0.527. The molecule has 0 amide bonds. The van der Waals surface area contributed by atoms with E-state index in [1.165, 1.54) is 6.92 Å².